The van der Waals surface area contributed by atoms with E-state index >= 15 is 0 Å². The van der Waals surface area contributed by atoms with Gasteiger partial charge in [0.05, 0.1) is 0 Å². The van der Waals surface area contributed by atoms with Gasteiger partial charge in [-0.1, -0.05) is 0 Å². The van der Waals surface area contributed by atoms with Crippen LogP contribution in [0.2, 0.25) is 0 Å². The zero-order valence-corrected chi connectivity index (χ0v) is 7.89. The quantitative estimate of drug-likeness (QED) is 0.374. The van der Waals surface area contributed by atoms with E-state index in [4.69, 9.17) is 5.21 Å². The number of fused-ring (bicyclic) bond motifs is 2. The van der Waals surface area contributed by atoms with Gasteiger partial charge in [0.1, 0.15) is 0 Å². The van der Waals surface area contributed by atoms with Crippen molar-refractivity contribution in [1.29, 1.82) is 0 Å². The van der Waals surface area contributed by atoms with Crippen molar-refractivity contribution in [2.75, 3.05) is 0 Å². The molecule has 0 aliphatic heterocycles. The summed E-state index contributed by atoms with van der Waals surface area (Å²) < 4.78 is 0. The van der Waals surface area contributed by atoms with Crippen molar-refractivity contribution in [2.45, 2.75) is 32.1 Å². The standard InChI is InChI=1S/C11H17NO/c13-12-6-10-4-7-1-8-3-9(2-7)11(10)5-8/h6-11,13H,1-5H2. The molecule has 0 amide bonds. The Morgan fingerprint density at radius 1 is 1.00 bits per heavy atom. The smallest absolute Gasteiger partial charge is 0.0469 e. The Balaban J connectivity index is 1.87. The fourth-order valence-corrected chi connectivity index (χ4v) is 4.27. The molecule has 5 atom stereocenters. The minimum absolute atomic E-state index is 0.598. The molecule has 0 aromatic carbocycles. The molecule has 0 aromatic heterocycles. The van der Waals surface area contributed by atoms with Crippen LogP contribution in [0.25, 0.3) is 0 Å². The van der Waals surface area contributed by atoms with Crippen LogP contribution in [0.5, 0.6) is 0 Å². The van der Waals surface area contributed by atoms with E-state index in [1.165, 1.54) is 32.1 Å². The van der Waals surface area contributed by atoms with Crippen LogP contribution in [-0.2, 0) is 0 Å². The summed E-state index contributed by atoms with van der Waals surface area (Å²) in [6.07, 6.45) is 8.91. The summed E-state index contributed by atoms with van der Waals surface area (Å²) >= 11 is 0. The van der Waals surface area contributed by atoms with Crippen molar-refractivity contribution in [3.63, 3.8) is 0 Å². The highest BCUT2D eigenvalue weighted by Crippen LogP contribution is 2.56. The zero-order chi connectivity index (χ0) is 8.84. The van der Waals surface area contributed by atoms with Crippen molar-refractivity contribution in [3.8, 4) is 0 Å². The van der Waals surface area contributed by atoms with E-state index in [0.29, 0.717) is 5.92 Å². The summed E-state index contributed by atoms with van der Waals surface area (Å²) in [6.45, 7) is 0. The fraction of sp³-hybridized carbons (Fsp3) is 0.909. The zero-order valence-electron chi connectivity index (χ0n) is 7.89. The van der Waals surface area contributed by atoms with Crippen LogP contribution >= 0.6 is 0 Å². The second-order valence-electron chi connectivity index (χ2n) is 5.26. The second kappa shape index (κ2) is 2.73. The van der Waals surface area contributed by atoms with Gasteiger partial charge < -0.3 is 5.21 Å². The van der Waals surface area contributed by atoms with E-state index in [0.717, 1.165) is 23.7 Å². The van der Waals surface area contributed by atoms with Gasteiger partial charge in [-0.2, -0.15) is 0 Å². The van der Waals surface area contributed by atoms with Gasteiger partial charge in [-0.15, -0.1) is 5.16 Å². The average Bonchev–Trinajstić information content (AvgIpc) is 2.33. The first kappa shape index (κ1) is 7.84. The minimum Gasteiger partial charge on any atom is -0.411 e. The molecular weight excluding hydrogens is 162 g/mol. The molecule has 1 N–H and O–H groups in total. The lowest BCUT2D eigenvalue weighted by molar-refractivity contribution is 0.150. The summed E-state index contributed by atoms with van der Waals surface area (Å²) in [4.78, 5) is 0. The first-order chi connectivity index (χ1) is 6.36. The van der Waals surface area contributed by atoms with E-state index in [1.54, 1.807) is 6.21 Å². The normalized spacial score (nSPS) is 53.4. The van der Waals surface area contributed by atoms with Crippen LogP contribution in [0.4, 0.5) is 0 Å². The summed E-state index contributed by atoms with van der Waals surface area (Å²) in [5, 5.41) is 11.9. The molecule has 0 spiro atoms. The third-order valence-corrected chi connectivity index (χ3v) is 4.56. The van der Waals surface area contributed by atoms with Gasteiger partial charge in [0, 0.05) is 12.1 Å². The Bertz CT molecular complexity index is 236. The Morgan fingerprint density at radius 3 is 2.54 bits per heavy atom. The summed E-state index contributed by atoms with van der Waals surface area (Å²) in [6, 6.07) is 0. The van der Waals surface area contributed by atoms with Crippen molar-refractivity contribution >= 4 is 6.21 Å². The van der Waals surface area contributed by atoms with Crippen LogP contribution < -0.4 is 0 Å². The molecule has 0 radical (unpaired) electrons. The molecule has 3 saturated carbocycles. The van der Waals surface area contributed by atoms with Crippen LogP contribution in [0.1, 0.15) is 32.1 Å². The molecule has 72 valence electrons. The van der Waals surface area contributed by atoms with Crippen molar-refractivity contribution in [1.82, 2.24) is 0 Å². The number of nitrogens with zero attached hydrogens (tertiary/aromatic N) is 1. The maximum absolute atomic E-state index is 8.61. The van der Waals surface area contributed by atoms with Crippen LogP contribution in [-0.4, -0.2) is 11.4 Å². The Kier molecular flexibility index (Phi) is 1.64. The van der Waals surface area contributed by atoms with Gasteiger partial charge in [0.2, 0.25) is 0 Å². The predicted octanol–water partition coefficient (Wildman–Crippen LogP) is 2.52. The number of hydrogen-bond donors (Lipinski definition) is 1. The molecule has 3 fully saturated rings. The molecule has 2 nitrogen and oxygen atoms in total. The predicted molar refractivity (Wildman–Crippen MR) is 50.8 cm³/mol. The third-order valence-electron chi connectivity index (χ3n) is 4.56. The van der Waals surface area contributed by atoms with E-state index in [2.05, 4.69) is 5.16 Å². The molecule has 0 aromatic rings. The molecule has 3 aliphatic carbocycles. The highest BCUT2D eigenvalue weighted by Gasteiger charge is 2.48. The molecule has 0 heterocycles. The molecular formula is C11H17NO. The fourth-order valence-electron chi connectivity index (χ4n) is 4.27. The minimum atomic E-state index is 0.598. The second-order valence-corrected chi connectivity index (χ2v) is 5.26. The van der Waals surface area contributed by atoms with E-state index in [9.17, 15) is 0 Å². The Hall–Kier alpha value is -0.530. The topological polar surface area (TPSA) is 32.6 Å². The maximum atomic E-state index is 8.61. The molecule has 5 unspecified atom stereocenters. The molecule has 3 bridgehead atoms. The average molecular weight is 179 g/mol. The van der Waals surface area contributed by atoms with Crippen molar-refractivity contribution in [3.05, 3.63) is 0 Å². The molecule has 3 rings (SSSR count). The first-order valence-electron chi connectivity index (χ1n) is 5.54. The van der Waals surface area contributed by atoms with Gasteiger partial charge in [0.15, 0.2) is 0 Å². The number of rotatable bonds is 1. The molecule has 0 saturated heterocycles. The summed E-state index contributed by atoms with van der Waals surface area (Å²) in [5.74, 6) is 4.40. The molecule has 2 heteroatoms. The molecule has 3 aliphatic rings. The van der Waals surface area contributed by atoms with Gasteiger partial charge in [-0.25, -0.2) is 0 Å². The first-order valence-corrected chi connectivity index (χ1v) is 5.54. The van der Waals surface area contributed by atoms with Gasteiger partial charge in [-0.3, -0.25) is 0 Å². The summed E-state index contributed by atoms with van der Waals surface area (Å²) in [5.41, 5.74) is 0. The van der Waals surface area contributed by atoms with E-state index in [-0.39, 0.29) is 0 Å². The van der Waals surface area contributed by atoms with E-state index in [1.807, 2.05) is 0 Å². The van der Waals surface area contributed by atoms with Crippen LogP contribution in [0.3, 0.4) is 0 Å². The largest absolute Gasteiger partial charge is 0.411 e. The highest BCUT2D eigenvalue weighted by molar-refractivity contribution is 5.61. The third kappa shape index (κ3) is 1.11. The van der Waals surface area contributed by atoms with Gasteiger partial charge in [0.25, 0.3) is 0 Å². The van der Waals surface area contributed by atoms with Gasteiger partial charge >= 0.3 is 0 Å². The Morgan fingerprint density at radius 2 is 1.77 bits per heavy atom. The highest BCUT2D eigenvalue weighted by atomic mass is 16.4. The lowest BCUT2D eigenvalue weighted by atomic mass is 9.68. The maximum Gasteiger partial charge on any atom is 0.0469 e. The van der Waals surface area contributed by atoms with Crippen LogP contribution in [0.15, 0.2) is 5.16 Å². The lowest BCUT2D eigenvalue weighted by Crippen LogP contribution is -2.30. The summed E-state index contributed by atoms with van der Waals surface area (Å²) in [7, 11) is 0. The number of oxime groups is 1. The monoisotopic (exact) mass is 179 g/mol. The number of hydrogen-bond acceptors (Lipinski definition) is 2. The Labute approximate surface area is 79.0 Å². The van der Waals surface area contributed by atoms with Crippen molar-refractivity contribution in [2.24, 2.45) is 34.7 Å². The van der Waals surface area contributed by atoms with Crippen LogP contribution in [0, 0.1) is 29.6 Å². The van der Waals surface area contributed by atoms with E-state index < -0.39 is 0 Å². The lowest BCUT2D eigenvalue weighted by Gasteiger charge is -2.37. The van der Waals surface area contributed by atoms with Crippen molar-refractivity contribution < 1.29 is 5.21 Å². The SMILES string of the molecule is ON=CC1CC2CC3CC(C2)C1C3. The molecule has 13 heavy (non-hydrogen) atoms. The van der Waals surface area contributed by atoms with Gasteiger partial charge in [-0.05, 0) is 55.8 Å².